The van der Waals surface area contributed by atoms with Gasteiger partial charge in [0, 0.05) is 12.1 Å². The van der Waals surface area contributed by atoms with E-state index in [0.717, 1.165) is 5.69 Å². The van der Waals surface area contributed by atoms with E-state index in [-0.39, 0.29) is 5.69 Å². The molecule has 1 N–H and O–H groups in total. The minimum absolute atomic E-state index is 0.216. The zero-order chi connectivity index (χ0) is 16.4. The largest absolute Gasteiger partial charge is 0.497 e. The second-order valence-corrected chi connectivity index (χ2v) is 4.91. The number of aromatic nitrogens is 4. The topological polar surface area (TPSA) is 95.1 Å². The molecule has 0 radical (unpaired) electrons. The van der Waals surface area contributed by atoms with Crippen molar-refractivity contribution in [2.24, 2.45) is 0 Å². The maximum Gasteiger partial charge on any atom is 0.279 e. The van der Waals surface area contributed by atoms with Crippen LogP contribution in [-0.2, 0) is 0 Å². The van der Waals surface area contributed by atoms with Crippen LogP contribution in [0.5, 0.6) is 5.75 Å². The highest BCUT2D eigenvalue weighted by Crippen LogP contribution is 2.18. The van der Waals surface area contributed by atoms with Crippen LogP contribution in [0, 0.1) is 13.8 Å². The first-order valence-corrected chi connectivity index (χ1v) is 6.90. The number of aryl methyl sites for hydroxylation is 1. The molecule has 0 unspecified atom stereocenters. The van der Waals surface area contributed by atoms with Crippen LogP contribution in [0.1, 0.15) is 21.9 Å². The number of benzene rings is 1. The summed E-state index contributed by atoms with van der Waals surface area (Å²) in [5.74, 6) is 1.24. The molecule has 0 spiro atoms. The van der Waals surface area contributed by atoms with Gasteiger partial charge in [0.05, 0.1) is 18.5 Å². The van der Waals surface area contributed by atoms with Crippen molar-refractivity contribution in [3.8, 4) is 11.4 Å². The summed E-state index contributed by atoms with van der Waals surface area (Å²) in [6.07, 6.45) is 0. The first kappa shape index (κ1) is 14.8. The van der Waals surface area contributed by atoms with E-state index in [9.17, 15) is 4.79 Å². The molecule has 0 atom stereocenters. The smallest absolute Gasteiger partial charge is 0.279 e. The molecular formula is C15H15N5O3. The minimum atomic E-state index is -0.398. The molecule has 0 fully saturated rings. The highest BCUT2D eigenvalue weighted by atomic mass is 16.5. The maximum atomic E-state index is 12.3. The zero-order valence-electron chi connectivity index (χ0n) is 12.9. The first-order valence-electron chi connectivity index (χ1n) is 6.90. The van der Waals surface area contributed by atoms with Crippen molar-refractivity contribution in [1.29, 1.82) is 0 Å². The molecule has 8 nitrogen and oxygen atoms in total. The van der Waals surface area contributed by atoms with Crippen LogP contribution in [-0.4, -0.2) is 33.2 Å². The van der Waals surface area contributed by atoms with Crippen molar-refractivity contribution in [2.45, 2.75) is 13.8 Å². The van der Waals surface area contributed by atoms with Crippen LogP contribution in [0.2, 0.25) is 0 Å². The fourth-order valence-electron chi connectivity index (χ4n) is 2.13. The van der Waals surface area contributed by atoms with E-state index in [0.29, 0.717) is 23.0 Å². The fraction of sp³-hybridized carbons (Fsp3) is 0.200. The third-order valence-electron chi connectivity index (χ3n) is 3.28. The molecule has 1 aromatic carbocycles. The quantitative estimate of drug-likeness (QED) is 0.793. The highest BCUT2D eigenvalue weighted by molar-refractivity contribution is 6.03. The highest BCUT2D eigenvalue weighted by Gasteiger charge is 2.18. The number of hydrogen-bond donors (Lipinski definition) is 1. The summed E-state index contributed by atoms with van der Waals surface area (Å²) in [6, 6.07) is 8.96. The Bertz CT molecular complexity index is 852. The molecule has 0 aliphatic rings. The van der Waals surface area contributed by atoms with Gasteiger partial charge in [-0.15, -0.1) is 5.10 Å². The summed E-state index contributed by atoms with van der Waals surface area (Å²) in [5, 5.41) is 14.3. The normalized spacial score (nSPS) is 10.6. The van der Waals surface area contributed by atoms with Crippen molar-refractivity contribution in [2.75, 3.05) is 12.4 Å². The lowest BCUT2D eigenvalue weighted by Crippen LogP contribution is -2.14. The van der Waals surface area contributed by atoms with Gasteiger partial charge < -0.3 is 14.6 Å². The SMILES string of the molecule is COc1cccc(-n2nnc(C(=O)Nc3cc(C)on3)c2C)c1. The molecule has 2 heterocycles. The average molecular weight is 313 g/mol. The van der Waals surface area contributed by atoms with E-state index in [1.807, 2.05) is 24.3 Å². The molecule has 2 aromatic heterocycles. The maximum absolute atomic E-state index is 12.3. The van der Waals surface area contributed by atoms with Crippen LogP contribution < -0.4 is 10.1 Å². The number of carbonyl (C=O) groups excluding carboxylic acids is 1. The lowest BCUT2D eigenvalue weighted by atomic mass is 10.2. The summed E-state index contributed by atoms with van der Waals surface area (Å²) in [7, 11) is 1.59. The number of nitrogens with one attached hydrogen (secondary N) is 1. The van der Waals surface area contributed by atoms with Crippen molar-refractivity contribution in [3.05, 3.63) is 47.5 Å². The van der Waals surface area contributed by atoms with Crippen LogP contribution in [0.25, 0.3) is 5.69 Å². The number of methoxy groups -OCH3 is 1. The van der Waals surface area contributed by atoms with Crippen molar-refractivity contribution in [3.63, 3.8) is 0 Å². The molecule has 0 aliphatic carbocycles. The van der Waals surface area contributed by atoms with Gasteiger partial charge in [0.1, 0.15) is 11.5 Å². The van der Waals surface area contributed by atoms with Gasteiger partial charge in [-0.3, -0.25) is 4.79 Å². The molecular weight excluding hydrogens is 298 g/mol. The molecule has 3 rings (SSSR count). The summed E-state index contributed by atoms with van der Waals surface area (Å²) in [6.45, 7) is 3.51. The van der Waals surface area contributed by atoms with Gasteiger partial charge in [-0.05, 0) is 26.0 Å². The third kappa shape index (κ3) is 2.91. The van der Waals surface area contributed by atoms with Crippen molar-refractivity contribution in [1.82, 2.24) is 20.2 Å². The second-order valence-electron chi connectivity index (χ2n) is 4.91. The van der Waals surface area contributed by atoms with Crippen LogP contribution in [0.15, 0.2) is 34.9 Å². The molecule has 0 aliphatic heterocycles. The van der Waals surface area contributed by atoms with Crippen LogP contribution in [0.4, 0.5) is 5.82 Å². The number of anilines is 1. The molecule has 0 saturated heterocycles. The molecule has 8 heteroatoms. The number of hydrogen-bond acceptors (Lipinski definition) is 6. The fourth-order valence-corrected chi connectivity index (χ4v) is 2.13. The summed E-state index contributed by atoms with van der Waals surface area (Å²) in [5.41, 5.74) is 1.58. The van der Waals surface area contributed by atoms with Gasteiger partial charge in [-0.1, -0.05) is 16.4 Å². The lowest BCUT2D eigenvalue weighted by Gasteiger charge is -2.05. The molecule has 0 bridgehead atoms. The average Bonchev–Trinajstić information content (AvgIpc) is 3.13. The lowest BCUT2D eigenvalue weighted by molar-refractivity contribution is 0.102. The van der Waals surface area contributed by atoms with Gasteiger partial charge in [0.25, 0.3) is 5.91 Å². The molecule has 23 heavy (non-hydrogen) atoms. The van der Waals surface area contributed by atoms with E-state index in [1.165, 1.54) is 0 Å². The first-order chi connectivity index (χ1) is 11.1. The van der Waals surface area contributed by atoms with E-state index < -0.39 is 5.91 Å². The van der Waals surface area contributed by atoms with Gasteiger partial charge in [-0.2, -0.15) is 0 Å². The van der Waals surface area contributed by atoms with E-state index in [4.69, 9.17) is 9.26 Å². The molecule has 0 saturated carbocycles. The van der Waals surface area contributed by atoms with E-state index >= 15 is 0 Å². The monoisotopic (exact) mass is 313 g/mol. The number of carbonyl (C=O) groups is 1. The summed E-state index contributed by atoms with van der Waals surface area (Å²) < 4.78 is 11.7. The summed E-state index contributed by atoms with van der Waals surface area (Å²) >= 11 is 0. The molecule has 1 amide bonds. The predicted octanol–water partition coefficient (Wildman–Crippen LogP) is 2.13. The predicted molar refractivity (Wildman–Crippen MR) is 81.8 cm³/mol. The van der Waals surface area contributed by atoms with Crippen LogP contribution >= 0.6 is 0 Å². The Labute approximate surface area is 132 Å². The third-order valence-corrected chi connectivity index (χ3v) is 3.28. The number of amides is 1. The van der Waals surface area contributed by atoms with Gasteiger partial charge in [-0.25, -0.2) is 4.68 Å². The van der Waals surface area contributed by atoms with Crippen LogP contribution in [0.3, 0.4) is 0 Å². The Balaban J connectivity index is 1.87. The van der Waals surface area contributed by atoms with Gasteiger partial charge in [0.2, 0.25) is 0 Å². The number of ether oxygens (including phenoxy) is 1. The Morgan fingerprint density at radius 3 is 2.83 bits per heavy atom. The summed E-state index contributed by atoms with van der Waals surface area (Å²) in [4.78, 5) is 12.3. The van der Waals surface area contributed by atoms with E-state index in [1.54, 1.807) is 31.7 Å². The number of rotatable bonds is 4. The Kier molecular flexibility index (Phi) is 3.80. The zero-order valence-corrected chi connectivity index (χ0v) is 12.9. The number of nitrogens with zero attached hydrogens (tertiary/aromatic N) is 4. The van der Waals surface area contributed by atoms with Gasteiger partial charge >= 0.3 is 0 Å². The molecule has 3 aromatic rings. The Hall–Kier alpha value is -3.16. The Morgan fingerprint density at radius 2 is 2.13 bits per heavy atom. The standard InChI is InChI=1S/C15H15N5O3/c1-9-7-13(18-23-9)16-15(21)14-10(2)20(19-17-14)11-5-4-6-12(8-11)22-3/h4-8H,1-3H3,(H,16,18,21). The second kappa shape index (κ2) is 5.91. The van der Waals surface area contributed by atoms with Gasteiger partial charge in [0.15, 0.2) is 11.5 Å². The minimum Gasteiger partial charge on any atom is -0.497 e. The Morgan fingerprint density at radius 1 is 1.30 bits per heavy atom. The van der Waals surface area contributed by atoms with Crippen molar-refractivity contribution < 1.29 is 14.1 Å². The molecule has 118 valence electrons. The van der Waals surface area contributed by atoms with E-state index in [2.05, 4.69) is 20.8 Å². The van der Waals surface area contributed by atoms with Crippen molar-refractivity contribution >= 4 is 11.7 Å².